The third kappa shape index (κ3) is 2.36. The van der Waals surface area contributed by atoms with Crippen LogP contribution in [-0.2, 0) is 0 Å². The van der Waals surface area contributed by atoms with E-state index in [0.717, 1.165) is 10.6 Å². The maximum atomic E-state index is 7.15. The Balaban J connectivity index is 2.14. The van der Waals surface area contributed by atoms with E-state index in [9.17, 15) is 0 Å². The molecule has 74 valence electrons. The molecule has 1 N–H and O–H groups in total. The van der Waals surface area contributed by atoms with Gasteiger partial charge in [-0.05, 0) is 23.6 Å². The summed E-state index contributed by atoms with van der Waals surface area (Å²) in [4.78, 5) is 4.62. The third-order valence-electron chi connectivity index (χ3n) is 2.02. The van der Waals surface area contributed by atoms with Crippen molar-refractivity contribution < 1.29 is 0 Å². The molecule has 0 aliphatic rings. The minimum Gasteiger partial charge on any atom is -0.312 e. The fourth-order valence-corrected chi connectivity index (χ4v) is 2.02. The van der Waals surface area contributed by atoms with Gasteiger partial charge in [-0.2, -0.15) is 0 Å². The summed E-state index contributed by atoms with van der Waals surface area (Å²) in [6, 6.07) is 13.7. The highest BCUT2D eigenvalue weighted by Crippen LogP contribution is 2.24. The van der Waals surface area contributed by atoms with E-state index in [1.165, 1.54) is 0 Å². The Hall–Kier alpha value is -1.79. The molecule has 0 spiro atoms. The predicted molar refractivity (Wildman–Crippen MR) is 63.7 cm³/mol. The fraction of sp³-hybridized carbons (Fsp3) is 0.0833. The number of anilines is 1. The Kier molecular flexibility index (Phi) is 3.01. The van der Waals surface area contributed by atoms with Crippen molar-refractivity contribution in [3.05, 3.63) is 64.1 Å². The van der Waals surface area contributed by atoms with E-state index in [0.29, 0.717) is 0 Å². The van der Waals surface area contributed by atoms with Crippen LogP contribution in [0.4, 0.5) is 5.69 Å². The molecule has 2 rings (SSSR count). The Morgan fingerprint density at radius 2 is 1.93 bits per heavy atom. The largest absolute Gasteiger partial charge is 0.331 e. The van der Waals surface area contributed by atoms with Gasteiger partial charge in [0.2, 0.25) is 0 Å². The summed E-state index contributed by atoms with van der Waals surface area (Å²) < 4.78 is 0. The van der Waals surface area contributed by atoms with Crippen molar-refractivity contribution >= 4 is 17.0 Å². The number of hydrogen-bond donors (Lipinski definition) is 1. The highest BCUT2D eigenvalue weighted by molar-refractivity contribution is 7.10. The van der Waals surface area contributed by atoms with E-state index >= 15 is 0 Å². The van der Waals surface area contributed by atoms with Crippen LogP contribution in [0.1, 0.15) is 11.0 Å². The minimum absolute atomic E-state index is 0.271. The Morgan fingerprint density at radius 3 is 2.53 bits per heavy atom. The summed E-state index contributed by atoms with van der Waals surface area (Å²) in [6.07, 6.45) is -0.271. The normalized spacial score (nSPS) is 11.7. The number of thiophene rings is 1. The molecule has 0 bridgehead atoms. The van der Waals surface area contributed by atoms with Gasteiger partial charge in [-0.25, -0.2) is 6.57 Å². The van der Waals surface area contributed by atoms with Crippen LogP contribution >= 0.6 is 11.3 Å². The molecule has 1 aromatic carbocycles. The highest BCUT2D eigenvalue weighted by Gasteiger charge is 2.15. The first-order valence-electron chi connectivity index (χ1n) is 4.62. The van der Waals surface area contributed by atoms with Gasteiger partial charge in [-0.3, -0.25) is 4.85 Å². The summed E-state index contributed by atoms with van der Waals surface area (Å²) in [6.45, 7) is 7.15. The zero-order valence-corrected chi connectivity index (χ0v) is 8.87. The van der Waals surface area contributed by atoms with Crippen LogP contribution in [0.5, 0.6) is 0 Å². The van der Waals surface area contributed by atoms with Crippen LogP contribution in [-0.4, -0.2) is 0 Å². The highest BCUT2D eigenvalue weighted by atomic mass is 32.1. The quantitative estimate of drug-likeness (QED) is 0.769. The number of hydrogen-bond acceptors (Lipinski definition) is 2. The average Bonchev–Trinajstić information content (AvgIpc) is 2.81. The van der Waals surface area contributed by atoms with Gasteiger partial charge < -0.3 is 5.32 Å². The second kappa shape index (κ2) is 4.63. The first kappa shape index (κ1) is 9.75. The molecule has 1 atom stereocenters. The van der Waals surface area contributed by atoms with E-state index in [1.54, 1.807) is 11.3 Å². The first-order valence-corrected chi connectivity index (χ1v) is 5.49. The van der Waals surface area contributed by atoms with Crippen molar-refractivity contribution in [3.8, 4) is 0 Å². The van der Waals surface area contributed by atoms with Gasteiger partial charge in [-0.15, -0.1) is 11.3 Å². The molecule has 3 heteroatoms. The van der Waals surface area contributed by atoms with Crippen molar-refractivity contribution in [2.24, 2.45) is 0 Å². The molecule has 0 fully saturated rings. The van der Waals surface area contributed by atoms with Gasteiger partial charge in [0.05, 0.1) is 0 Å². The lowest BCUT2D eigenvalue weighted by molar-refractivity contribution is 1.01. The van der Waals surface area contributed by atoms with Crippen LogP contribution in [0.2, 0.25) is 0 Å². The second-order valence-corrected chi connectivity index (χ2v) is 4.04. The maximum absolute atomic E-state index is 7.15. The molecule has 1 aromatic heterocycles. The number of para-hydroxylation sites is 1. The van der Waals surface area contributed by atoms with Crippen LogP contribution in [0, 0.1) is 6.57 Å². The van der Waals surface area contributed by atoms with E-state index < -0.39 is 0 Å². The zero-order valence-electron chi connectivity index (χ0n) is 8.05. The molecule has 0 aliphatic heterocycles. The van der Waals surface area contributed by atoms with Gasteiger partial charge >= 0.3 is 6.17 Å². The zero-order chi connectivity index (χ0) is 10.5. The lowest BCUT2D eigenvalue weighted by atomic mass is 10.3. The molecule has 15 heavy (non-hydrogen) atoms. The van der Waals surface area contributed by atoms with Crippen LogP contribution in [0.3, 0.4) is 0 Å². The van der Waals surface area contributed by atoms with E-state index in [-0.39, 0.29) is 6.17 Å². The lowest BCUT2D eigenvalue weighted by Crippen LogP contribution is -2.04. The number of nitrogens with zero attached hydrogens (tertiary/aromatic N) is 1. The van der Waals surface area contributed by atoms with Gasteiger partial charge in [0.1, 0.15) is 4.88 Å². The molecular weight excluding hydrogens is 204 g/mol. The molecular formula is C12H10N2S. The third-order valence-corrected chi connectivity index (χ3v) is 2.94. The van der Waals surface area contributed by atoms with Crippen molar-refractivity contribution in [3.63, 3.8) is 0 Å². The van der Waals surface area contributed by atoms with Gasteiger partial charge in [0.15, 0.2) is 0 Å². The molecule has 2 nitrogen and oxygen atoms in total. The molecule has 0 radical (unpaired) electrons. The molecule has 1 unspecified atom stereocenters. The Bertz CT molecular complexity index is 442. The molecule has 0 aliphatic carbocycles. The predicted octanol–water partition coefficient (Wildman–Crippen LogP) is 3.78. The van der Waals surface area contributed by atoms with Gasteiger partial charge in [0, 0.05) is 5.69 Å². The summed E-state index contributed by atoms with van der Waals surface area (Å²) in [5, 5.41) is 5.17. The van der Waals surface area contributed by atoms with Crippen LogP contribution in [0.15, 0.2) is 47.8 Å². The lowest BCUT2D eigenvalue weighted by Gasteiger charge is -2.06. The van der Waals surface area contributed by atoms with Crippen LogP contribution < -0.4 is 5.32 Å². The number of benzene rings is 1. The number of rotatable bonds is 3. The molecule has 0 saturated heterocycles. The molecule has 0 saturated carbocycles. The van der Waals surface area contributed by atoms with Crippen molar-refractivity contribution in [1.82, 2.24) is 0 Å². The first-order chi connectivity index (χ1) is 7.40. The van der Waals surface area contributed by atoms with E-state index in [2.05, 4.69) is 10.2 Å². The smallest absolute Gasteiger partial charge is 0.312 e. The van der Waals surface area contributed by atoms with Crippen molar-refractivity contribution in [2.75, 3.05) is 5.32 Å². The van der Waals surface area contributed by atoms with E-state index in [1.807, 2.05) is 47.8 Å². The Morgan fingerprint density at radius 1 is 1.13 bits per heavy atom. The molecule has 1 heterocycles. The maximum Gasteiger partial charge on any atom is 0.331 e. The Labute approximate surface area is 93.0 Å². The summed E-state index contributed by atoms with van der Waals surface area (Å²) in [7, 11) is 0. The topological polar surface area (TPSA) is 16.4 Å². The van der Waals surface area contributed by atoms with Crippen molar-refractivity contribution in [2.45, 2.75) is 6.17 Å². The SMILES string of the molecule is [C-]#[N+]C(Nc1ccccc1)c1cccs1. The summed E-state index contributed by atoms with van der Waals surface area (Å²) in [5.41, 5.74) is 0.979. The monoisotopic (exact) mass is 214 g/mol. The average molecular weight is 214 g/mol. The van der Waals surface area contributed by atoms with Crippen LogP contribution in [0.25, 0.3) is 4.85 Å². The number of nitrogens with one attached hydrogen (secondary N) is 1. The second-order valence-electron chi connectivity index (χ2n) is 3.06. The minimum atomic E-state index is -0.271. The summed E-state index contributed by atoms with van der Waals surface area (Å²) in [5.74, 6) is 0. The fourth-order valence-electron chi connectivity index (χ4n) is 1.31. The summed E-state index contributed by atoms with van der Waals surface area (Å²) >= 11 is 1.60. The van der Waals surface area contributed by atoms with Gasteiger partial charge in [0.25, 0.3) is 0 Å². The molecule has 0 amide bonds. The molecule has 2 aromatic rings. The van der Waals surface area contributed by atoms with E-state index in [4.69, 9.17) is 6.57 Å². The van der Waals surface area contributed by atoms with Crippen molar-refractivity contribution in [1.29, 1.82) is 0 Å². The standard InChI is InChI=1S/C12H10N2S/c1-13-12(11-8-5-9-15-11)14-10-6-3-2-4-7-10/h2-9,12,14H. The van der Waals surface area contributed by atoms with Gasteiger partial charge in [-0.1, -0.05) is 24.3 Å².